The van der Waals surface area contributed by atoms with Gasteiger partial charge in [0.2, 0.25) is 0 Å². The second-order valence-corrected chi connectivity index (χ2v) is 6.89. The van der Waals surface area contributed by atoms with E-state index in [0.717, 1.165) is 11.5 Å². The van der Waals surface area contributed by atoms with Crippen LogP contribution in [-0.2, 0) is 30.1 Å². The zero-order valence-corrected chi connectivity index (χ0v) is 14.5. The molecule has 2 aromatic rings. The molecule has 0 aliphatic heterocycles. The van der Waals surface area contributed by atoms with Crippen LogP contribution in [0.15, 0.2) is 53.8 Å². The third-order valence-corrected chi connectivity index (χ3v) is 4.68. The molecule has 1 aromatic heterocycles. The van der Waals surface area contributed by atoms with Crippen molar-refractivity contribution < 1.29 is 4.21 Å². The molecule has 23 heavy (non-hydrogen) atoms. The smallest absolute Gasteiger partial charge is 0.191 e. The van der Waals surface area contributed by atoms with E-state index >= 15 is 0 Å². The van der Waals surface area contributed by atoms with Gasteiger partial charge in [-0.25, -0.2) is 0 Å². The van der Waals surface area contributed by atoms with Gasteiger partial charge in [-0.3, -0.25) is 9.20 Å². The Morgan fingerprint density at radius 2 is 1.96 bits per heavy atom. The molecule has 0 fully saturated rings. The standard InChI is InChI=1S/C17H24N4OS/c1-18-17(20-12-16-8-10-21(2)13-16)19-9-11-23(22)14-15-6-4-3-5-7-15/h3-8,10,13H,9,11-12,14H2,1-2H3,(H2,18,19,20). The van der Waals surface area contributed by atoms with Crippen LogP contribution in [0.2, 0.25) is 0 Å². The van der Waals surface area contributed by atoms with Crippen molar-refractivity contribution in [2.75, 3.05) is 19.3 Å². The number of hydrogen-bond donors (Lipinski definition) is 2. The maximum Gasteiger partial charge on any atom is 0.191 e. The fourth-order valence-electron chi connectivity index (χ4n) is 2.19. The summed E-state index contributed by atoms with van der Waals surface area (Å²) in [5.74, 6) is 1.92. The van der Waals surface area contributed by atoms with Crippen molar-refractivity contribution in [3.05, 3.63) is 59.9 Å². The first-order valence-electron chi connectivity index (χ1n) is 7.61. The van der Waals surface area contributed by atoms with Crippen molar-refractivity contribution in [2.24, 2.45) is 12.0 Å². The van der Waals surface area contributed by atoms with Crippen LogP contribution in [-0.4, -0.2) is 34.1 Å². The van der Waals surface area contributed by atoms with E-state index < -0.39 is 10.8 Å². The highest BCUT2D eigenvalue weighted by Gasteiger charge is 2.03. The molecule has 0 saturated heterocycles. The molecule has 1 unspecified atom stereocenters. The van der Waals surface area contributed by atoms with Crippen LogP contribution in [0.3, 0.4) is 0 Å². The van der Waals surface area contributed by atoms with Gasteiger partial charge in [0.1, 0.15) is 0 Å². The zero-order valence-electron chi connectivity index (χ0n) is 13.7. The number of guanidine groups is 1. The van der Waals surface area contributed by atoms with Gasteiger partial charge in [0, 0.05) is 61.9 Å². The molecule has 0 bridgehead atoms. The molecule has 2 rings (SSSR count). The highest BCUT2D eigenvalue weighted by molar-refractivity contribution is 7.84. The Morgan fingerprint density at radius 1 is 1.17 bits per heavy atom. The molecule has 0 saturated carbocycles. The SMILES string of the molecule is CN=C(NCCS(=O)Cc1ccccc1)NCc1ccn(C)c1. The number of nitrogens with one attached hydrogen (secondary N) is 2. The number of aliphatic imine (C=N–C) groups is 1. The molecular formula is C17H24N4OS. The largest absolute Gasteiger partial charge is 0.357 e. The highest BCUT2D eigenvalue weighted by atomic mass is 32.2. The summed E-state index contributed by atoms with van der Waals surface area (Å²) in [5.41, 5.74) is 2.31. The van der Waals surface area contributed by atoms with E-state index in [0.29, 0.717) is 24.6 Å². The maximum atomic E-state index is 12.1. The van der Waals surface area contributed by atoms with Gasteiger partial charge >= 0.3 is 0 Å². The Morgan fingerprint density at radius 3 is 2.61 bits per heavy atom. The van der Waals surface area contributed by atoms with Gasteiger partial charge in [-0.2, -0.15) is 0 Å². The van der Waals surface area contributed by atoms with Crippen molar-refractivity contribution in [2.45, 2.75) is 12.3 Å². The van der Waals surface area contributed by atoms with Crippen LogP contribution in [0.1, 0.15) is 11.1 Å². The van der Waals surface area contributed by atoms with Crippen LogP contribution in [0.25, 0.3) is 0 Å². The lowest BCUT2D eigenvalue weighted by Crippen LogP contribution is -2.38. The Hall–Kier alpha value is -2.08. The fraction of sp³-hybridized carbons (Fsp3) is 0.353. The molecule has 0 amide bonds. The van der Waals surface area contributed by atoms with E-state index in [1.807, 2.05) is 48.1 Å². The summed E-state index contributed by atoms with van der Waals surface area (Å²) in [6.45, 7) is 1.35. The summed E-state index contributed by atoms with van der Waals surface area (Å²) < 4.78 is 14.1. The molecule has 1 aromatic carbocycles. The predicted octanol–water partition coefficient (Wildman–Crippen LogP) is 1.64. The Balaban J connectivity index is 1.68. The van der Waals surface area contributed by atoms with Gasteiger partial charge in [-0.15, -0.1) is 0 Å². The van der Waals surface area contributed by atoms with Crippen LogP contribution in [0.4, 0.5) is 0 Å². The minimum absolute atomic E-state index is 0.596. The second kappa shape index (κ2) is 9.15. The van der Waals surface area contributed by atoms with E-state index in [9.17, 15) is 4.21 Å². The monoisotopic (exact) mass is 332 g/mol. The molecule has 6 heteroatoms. The number of benzene rings is 1. The van der Waals surface area contributed by atoms with Crippen LogP contribution >= 0.6 is 0 Å². The summed E-state index contributed by atoms with van der Waals surface area (Å²) in [6.07, 6.45) is 4.08. The Kier molecular flexibility index (Phi) is 6.87. The molecule has 0 radical (unpaired) electrons. The molecule has 1 atom stereocenters. The van der Waals surface area contributed by atoms with Crippen LogP contribution < -0.4 is 10.6 Å². The van der Waals surface area contributed by atoms with Gasteiger partial charge in [0.05, 0.1) is 0 Å². The average Bonchev–Trinajstić information content (AvgIpc) is 2.97. The normalized spacial score (nSPS) is 12.9. The lowest BCUT2D eigenvalue weighted by Gasteiger charge is -2.11. The molecule has 0 aliphatic rings. The molecule has 5 nitrogen and oxygen atoms in total. The van der Waals surface area contributed by atoms with Gasteiger partial charge in [0.15, 0.2) is 5.96 Å². The lowest BCUT2D eigenvalue weighted by molar-refractivity contribution is 0.680. The summed E-state index contributed by atoms with van der Waals surface area (Å²) in [7, 11) is 2.86. The molecule has 1 heterocycles. The summed E-state index contributed by atoms with van der Waals surface area (Å²) in [5, 5.41) is 6.45. The highest BCUT2D eigenvalue weighted by Crippen LogP contribution is 2.02. The average molecular weight is 332 g/mol. The lowest BCUT2D eigenvalue weighted by atomic mass is 10.2. The first kappa shape index (κ1) is 17.3. The van der Waals surface area contributed by atoms with Crippen molar-refractivity contribution in [1.82, 2.24) is 15.2 Å². The van der Waals surface area contributed by atoms with Gasteiger partial charge in [-0.1, -0.05) is 30.3 Å². The summed E-state index contributed by atoms with van der Waals surface area (Å²) in [4.78, 5) is 4.18. The number of aryl methyl sites for hydroxylation is 1. The first-order chi connectivity index (χ1) is 11.2. The minimum Gasteiger partial charge on any atom is -0.357 e. The van der Waals surface area contributed by atoms with E-state index in [1.54, 1.807) is 7.05 Å². The number of hydrogen-bond acceptors (Lipinski definition) is 2. The quantitative estimate of drug-likeness (QED) is 0.599. The minimum atomic E-state index is -0.875. The van der Waals surface area contributed by atoms with Crippen molar-refractivity contribution >= 4 is 16.8 Å². The van der Waals surface area contributed by atoms with E-state index in [1.165, 1.54) is 5.56 Å². The number of nitrogens with zero attached hydrogens (tertiary/aromatic N) is 2. The van der Waals surface area contributed by atoms with Crippen LogP contribution in [0.5, 0.6) is 0 Å². The zero-order chi connectivity index (χ0) is 16.5. The van der Waals surface area contributed by atoms with Crippen molar-refractivity contribution in [3.8, 4) is 0 Å². The molecule has 0 spiro atoms. The van der Waals surface area contributed by atoms with Gasteiger partial charge in [0.25, 0.3) is 0 Å². The second-order valence-electron chi connectivity index (χ2n) is 5.31. The number of rotatable bonds is 7. The van der Waals surface area contributed by atoms with Gasteiger partial charge in [-0.05, 0) is 17.2 Å². The predicted molar refractivity (Wildman–Crippen MR) is 96.8 cm³/mol. The summed E-state index contributed by atoms with van der Waals surface area (Å²) in [6, 6.07) is 12.0. The first-order valence-corrected chi connectivity index (χ1v) is 9.10. The summed E-state index contributed by atoms with van der Waals surface area (Å²) >= 11 is 0. The van der Waals surface area contributed by atoms with Crippen molar-refractivity contribution in [1.29, 1.82) is 0 Å². The topological polar surface area (TPSA) is 58.4 Å². The fourth-order valence-corrected chi connectivity index (χ4v) is 3.23. The Labute approximate surface area is 140 Å². The maximum absolute atomic E-state index is 12.1. The van der Waals surface area contributed by atoms with Crippen molar-refractivity contribution in [3.63, 3.8) is 0 Å². The third kappa shape index (κ3) is 6.28. The molecule has 124 valence electrons. The van der Waals surface area contributed by atoms with E-state index in [2.05, 4.69) is 27.9 Å². The molecule has 0 aliphatic carbocycles. The molecular weight excluding hydrogens is 308 g/mol. The number of aromatic nitrogens is 1. The van der Waals surface area contributed by atoms with Gasteiger partial charge < -0.3 is 15.2 Å². The van der Waals surface area contributed by atoms with Crippen LogP contribution in [0, 0.1) is 0 Å². The van der Waals surface area contributed by atoms with E-state index in [-0.39, 0.29) is 0 Å². The van der Waals surface area contributed by atoms with E-state index in [4.69, 9.17) is 0 Å². The third-order valence-electron chi connectivity index (χ3n) is 3.37. The Bertz CT molecular complexity index is 652. The molecule has 2 N–H and O–H groups in total.